The maximum atomic E-state index is 9.55. The van der Waals surface area contributed by atoms with Gasteiger partial charge in [-0.15, -0.1) is 0 Å². The second kappa shape index (κ2) is 4.61. The maximum absolute atomic E-state index is 9.55. The molecule has 14 heavy (non-hydrogen) atoms. The molecule has 0 aliphatic heterocycles. The van der Waals surface area contributed by atoms with Gasteiger partial charge in [0, 0.05) is 5.56 Å². The number of rotatable bonds is 3. The van der Waals surface area contributed by atoms with Gasteiger partial charge in [0.1, 0.15) is 5.75 Å². The largest absolute Gasteiger partial charge is 0.508 e. The summed E-state index contributed by atoms with van der Waals surface area (Å²) < 4.78 is 0. The molecule has 0 aliphatic rings. The van der Waals surface area contributed by atoms with Crippen molar-refractivity contribution in [3.63, 3.8) is 0 Å². The highest BCUT2D eigenvalue weighted by molar-refractivity contribution is 5.43. The summed E-state index contributed by atoms with van der Waals surface area (Å²) in [5, 5.41) is 30.0. The Hall–Kier alpha value is -1.57. The molecule has 0 fully saturated rings. The Bertz CT molecular complexity index is 354. The normalized spacial score (nSPS) is 12.1. The van der Waals surface area contributed by atoms with Gasteiger partial charge < -0.3 is 15.5 Å². The molecule has 0 aromatic heterocycles. The van der Waals surface area contributed by atoms with Crippen LogP contribution in [0.15, 0.2) is 18.2 Å². The number of aliphatic hydroxyl groups excluding tert-OH is 1. The molecule has 0 bridgehead atoms. The number of nitrogens with one attached hydrogen (secondary N) is 1. The number of likely N-dealkylation sites (N-methyl/N-ethyl adjacent to an activating group) is 1. The fraction of sp³-hybridized carbons (Fsp3) is 0.300. The number of aliphatic hydroxyl groups is 1. The first-order chi connectivity index (χ1) is 6.72. The van der Waals surface area contributed by atoms with E-state index in [4.69, 9.17) is 10.4 Å². The van der Waals surface area contributed by atoms with Crippen molar-refractivity contribution in [1.29, 1.82) is 5.26 Å². The number of hydrogen-bond acceptors (Lipinski definition) is 4. The summed E-state index contributed by atoms with van der Waals surface area (Å²) in [6.07, 6.45) is 0. The molecule has 0 spiro atoms. The lowest BCUT2D eigenvalue weighted by molar-refractivity contribution is 0.248. The minimum Gasteiger partial charge on any atom is -0.508 e. The second-order valence-corrected chi connectivity index (χ2v) is 2.91. The zero-order chi connectivity index (χ0) is 10.6. The van der Waals surface area contributed by atoms with Gasteiger partial charge in [-0.25, -0.2) is 0 Å². The van der Waals surface area contributed by atoms with Gasteiger partial charge in [0.2, 0.25) is 0 Å². The van der Waals surface area contributed by atoms with E-state index in [0.717, 1.165) is 0 Å². The molecule has 1 aromatic carbocycles. The Labute approximate surface area is 82.4 Å². The van der Waals surface area contributed by atoms with Crippen molar-refractivity contribution in [2.24, 2.45) is 0 Å². The molecule has 0 aliphatic carbocycles. The third-order valence-corrected chi connectivity index (χ3v) is 2.07. The fourth-order valence-electron chi connectivity index (χ4n) is 1.25. The highest BCUT2D eigenvalue weighted by Gasteiger charge is 2.12. The number of benzene rings is 1. The summed E-state index contributed by atoms with van der Waals surface area (Å²) in [7, 11) is 1.69. The average Bonchev–Trinajstić information content (AvgIpc) is 2.22. The van der Waals surface area contributed by atoms with E-state index in [-0.39, 0.29) is 18.4 Å². The number of nitriles is 1. The van der Waals surface area contributed by atoms with Crippen LogP contribution in [0.5, 0.6) is 5.75 Å². The molecule has 3 N–H and O–H groups in total. The Morgan fingerprint density at radius 1 is 1.57 bits per heavy atom. The standard InChI is InChI=1S/C10H12N2O2/c1-12-9(6-13)8-3-2-7(5-11)4-10(8)14/h2-4,9,12-14H,6H2,1H3. The molecule has 74 valence electrons. The van der Waals surface area contributed by atoms with E-state index in [9.17, 15) is 5.11 Å². The SMILES string of the molecule is CNC(CO)c1ccc(C#N)cc1O. The first kappa shape index (κ1) is 10.5. The summed E-state index contributed by atoms with van der Waals surface area (Å²) in [6, 6.07) is 6.24. The van der Waals surface area contributed by atoms with E-state index in [2.05, 4.69) is 5.32 Å². The van der Waals surface area contributed by atoms with Crippen molar-refractivity contribution in [1.82, 2.24) is 5.32 Å². The lowest BCUT2D eigenvalue weighted by Gasteiger charge is -2.14. The summed E-state index contributed by atoms with van der Waals surface area (Å²) in [6.45, 7) is -0.101. The predicted octanol–water partition coefficient (Wildman–Crippen LogP) is 0.517. The molecule has 0 amide bonds. The molecule has 0 saturated carbocycles. The van der Waals surface area contributed by atoms with Crippen molar-refractivity contribution in [3.05, 3.63) is 29.3 Å². The van der Waals surface area contributed by atoms with Crippen LogP contribution < -0.4 is 5.32 Å². The summed E-state index contributed by atoms with van der Waals surface area (Å²) in [5.41, 5.74) is 0.994. The molecule has 0 heterocycles. The van der Waals surface area contributed by atoms with E-state index in [1.54, 1.807) is 19.2 Å². The van der Waals surface area contributed by atoms with E-state index >= 15 is 0 Å². The topological polar surface area (TPSA) is 76.3 Å². The van der Waals surface area contributed by atoms with E-state index in [1.807, 2.05) is 6.07 Å². The molecule has 0 saturated heterocycles. The Morgan fingerprint density at radius 2 is 2.29 bits per heavy atom. The lowest BCUT2D eigenvalue weighted by atomic mass is 10.0. The van der Waals surface area contributed by atoms with Gasteiger partial charge >= 0.3 is 0 Å². The van der Waals surface area contributed by atoms with Crippen LogP contribution in [-0.2, 0) is 0 Å². The number of hydrogen-bond donors (Lipinski definition) is 3. The second-order valence-electron chi connectivity index (χ2n) is 2.91. The molecule has 1 atom stereocenters. The zero-order valence-electron chi connectivity index (χ0n) is 7.86. The average molecular weight is 192 g/mol. The van der Waals surface area contributed by atoms with Gasteiger partial charge in [-0.05, 0) is 19.2 Å². The van der Waals surface area contributed by atoms with Crippen LogP contribution in [0.1, 0.15) is 17.2 Å². The Balaban J connectivity index is 3.05. The molecule has 1 aromatic rings. The van der Waals surface area contributed by atoms with Crippen LogP contribution in [0.25, 0.3) is 0 Å². The number of aromatic hydroxyl groups is 1. The predicted molar refractivity (Wildman–Crippen MR) is 51.7 cm³/mol. The third kappa shape index (κ3) is 2.02. The zero-order valence-corrected chi connectivity index (χ0v) is 7.86. The molecular weight excluding hydrogens is 180 g/mol. The van der Waals surface area contributed by atoms with Crippen LogP contribution >= 0.6 is 0 Å². The van der Waals surface area contributed by atoms with E-state index in [0.29, 0.717) is 11.1 Å². The quantitative estimate of drug-likeness (QED) is 0.652. The first-order valence-corrected chi connectivity index (χ1v) is 4.24. The van der Waals surface area contributed by atoms with Crippen LogP contribution in [-0.4, -0.2) is 23.9 Å². The Kier molecular flexibility index (Phi) is 3.46. The number of phenolic OH excluding ortho intramolecular Hbond substituents is 1. The van der Waals surface area contributed by atoms with Gasteiger partial charge in [-0.1, -0.05) is 6.07 Å². The van der Waals surface area contributed by atoms with E-state index in [1.165, 1.54) is 6.07 Å². The summed E-state index contributed by atoms with van der Waals surface area (Å²) in [4.78, 5) is 0. The number of nitrogens with zero attached hydrogens (tertiary/aromatic N) is 1. The highest BCUT2D eigenvalue weighted by atomic mass is 16.3. The summed E-state index contributed by atoms with van der Waals surface area (Å²) in [5.74, 6) is 0.0254. The van der Waals surface area contributed by atoms with Gasteiger partial charge in [0.25, 0.3) is 0 Å². The monoisotopic (exact) mass is 192 g/mol. The van der Waals surface area contributed by atoms with Gasteiger partial charge in [-0.2, -0.15) is 5.26 Å². The molecule has 0 radical (unpaired) electrons. The van der Waals surface area contributed by atoms with Crippen LogP contribution in [0, 0.1) is 11.3 Å². The minimum absolute atomic E-state index is 0.0254. The minimum atomic E-state index is -0.303. The first-order valence-electron chi connectivity index (χ1n) is 4.24. The van der Waals surface area contributed by atoms with E-state index < -0.39 is 0 Å². The molecule has 1 rings (SSSR count). The molecular formula is C10H12N2O2. The molecule has 1 unspecified atom stereocenters. The van der Waals surface area contributed by atoms with Gasteiger partial charge in [0.05, 0.1) is 24.3 Å². The lowest BCUT2D eigenvalue weighted by Crippen LogP contribution is -2.19. The third-order valence-electron chi connectivity index (χ3n) is 2.07. The van der Waals surface area contributed by atoms with Crippen LogP contribution in [0.2, 0.25) is 0 Å². The van der Waals surface area contributed by atoms with Gasteiger partial charge in [0.15, 0.2) is 0 Å². The van der Waals surface area contributed by atoms with Crippen molar-refractivity contribution in [3.8, 4) is 11.8 Å². The summed E-state index contributed by atoms with van der Waals surface area (Å²) >= 11 is 0. The van der Waals surface area contributed by atoms with Crippen molar-refractivity contribution >= 4 is 0 Å². The maximum Gasteiger partial charge on any atom is 0.121 e. The number of phenols is 1. The smallest absolute Gasteiger partial charge is 0.121 e. The van der Waals surface area contributed by atoms with Crippen molar-refractivity contribution in [2.45, 2.75) is 6.04 Å². The molecule has 4 heteroatoms. The van der Waals surface area contributed by atoms with Crippen LogP contribution in [0.4, 0.5) is 0 Å². The van der Waals surface area contributed by atoms with Gasteiger partial charge in [-0.3, -0.25) is 0 Å². The van der Waals surface area contributed by atoms with Crippen LogP contribution in [0.3, 0.4) is 0 Å². The fourth-order valence-corrected chi connectivity index (χ4v) is 1.25. The molecule has 4 nitrogen and oxygen atoms in total. The Morgan fingerprint density at radius 3 is 2.71 bits per heavy atom. The van der Waals surface area contributed by atoms with Crippen molar-refractivity contribution in [2.75, 3.05) is 13.7 Å². The highest BCUT2D eigenvalue weighted by Crippen LogP contribution is 2.24. The van der Waals surface area contributed by atoms with Crippen molar-refractivity contribution < 1.29 is 10.2 Å².